The van der Waals surface area contributed by atoms with E-state index in [1.807, 2.05) is 38.1 Å². The molecule has 26 heavy (non-hydrogen) atoms. The first-order valence-corrected chi connectivity index (χ1v) is 10.7. The van der Waals surface area contributed by atoms with E-state index < -0.39 is 10.0 Å². The van der Waals surface area contributed by atoms with Crippen LogP contribution < -0.4 is 0 Å². The Bertz CT molecular complexity index is 1210. The number of hydrogen-bond donors (Lipinski definition) is 0. The van der Waals surface area contributed by atoms with Crippen LogP contribution in [0.3, 0.4) is 0 Å². The van der Waals surface area contributed by atoms with Gasteiger partial charge >= 0.3 is 0 Å². The first-order chi connectivity index (χ1) is 12.3. The Morgan fingerprint density at radius 1 is 1.27 bits per heavy atom. The zero-order chi connectivity index (χ0) is 18.6. The Kier molecular flexibility index (Phi) is 4.14. The Morgan fingerprint density at radius 3 is 2.77 bits per heavy atom. The smallest absolute Gasteiger partial charge is 0.287 e. The minimum atomic E-state index is -3.89. The molecule has 4 heterocycles. The second kappa shape index (κ2) is 6.12. The number of aryl methyl sites for hydroxylation is 1. The molecular weight excluding hydrogens is 394 g/mol. The summed E-state index contributed by atoms with van der Waals surface area (Å²) in [5, 5.41) is 2.70. The molecule has 0 radical (unpaired) electrons. The summed E-state index contributed by atoms with van der Waals surface area (Å²) in [6.07, 6.45) is 7.89. The molecule has 0 bridgehead atoms. The van der Waals surface area contributed by atoms with Crippen LogP contribution in [0.5, 0.6) is 0 Å². The second-order valence-electron chi connectivity index (χ2n) is 6.49. The van der Waals surface area contributed by atoms with Gasteiger partial charge in [-0.3, -0.25) is 4.40 Å². The van der Waals surface area contributed by atoms with Gasteiger partial charge in [-0.1, -0.05) is 11.6 Å². The number of likely N-dealkylation sites (N-methyl/N-ethyl adjacent to an activating group) is 1. The van der Waals surface area contributed by atoms with E-state index in [-0.39, 0.29) is 10.2 Å². The van der Waals surface area contributed by atoms with E-state index in [0.717, 1.165) is 23.9 Å². The molecule has 0 fully saturated rings. The van der Waals surface area contributed by atoms with Crippen molar-refractivity contribution >= 4 is 48.8 Å². The van der Waals surface area contributed by atoms with Gasteiger partial charge in [-0.05, 0) is 26.1 Å². The molecule has 0 aliphatic heterocycles. The first-order valence-electron chi connectivity index (χ1n) is 7.96. The van der Waals surface area contributed by atoms with Crippen molar-refractivity contribution in [3.8, 4) is 0 Å². The number of fused-ring (bicyclic) bond motifs is 2. The number of nitrogens with zero attached hydrogens (tertiary/aromatic N) is 5. The molecule has 0 aromatic carbocycles. The van der Waals surface area contributed by atoms with Gasteiger partial charge in [-0.25, -0.2) is 8.96 Å². The minimum absolute atomic E-state index is 0.00432. The highest BCUT2D eigenvalue weighted by Crippen LogP contribution is 2.31. The van der Waals surface area contributed by atoms with E-state index in [0.29, 0.717) is 10.5 Å². The van der Waals surface area contributed by atoms with Crippen molar-refractivity contribution in [3.05, 3.63) is 40.9 Å². The highest BCUT2D eigenvalue weighted by molar-refractivity contribution is 7.90. The molecule has 0 atom stereocenters. The first kappa shape index (κ1) is 17.6. The van der Waals surface area contributed by atoms with Crippen LogP contribution in [0.2, 0.25) is 5.15 Å². The van der Waals surface area contributed by atoms with Crippen molar-refractivity contribution in [3.63, 3.8) is 0 Å². The van der Waals surface area contributed by atoms with Crippen molar-refractivity contribution in [2.45, 2.75) is 11.4 Å². The molecule has 0 spiro atoms. The molecule has 10 heteroatoms. The van der Waals surface area contributed by atoms with Crippen molar-refractivity contribution < 1.29 is 8.42 Å². The zero-order valence-corrected chi connectivity index (χ0v) is 16.9. The summed E-state index contributed by atoms with van der Waals surface area (Å²) in [5.41, 5.74) is 1.63. The van der Waals surface area contributed by atoms with Crippen LogP contribution >= 0.6 is 22.9 Å². The monoisotopic (exact) mass is 411 g/mol. The highest BCUT2D eigenvalue weighted by atomic mass is 35.5. The van der Waals surface area contributed by atoms with Gasteiger partial charge in [0, 0.05) is 49.1 Å². The third-order valence-corrected chi connectivity index (χ3v) is 7.13. The number of halogens is 1. The Labute approximate surface area is 160 Å². The quantitative estimate of drug-likeness (QED) is 0.506. The molecule has 0 saturated carbocycles. The molecule has 0 aliphatic carbocycles. The van der Waals surface area contributed by atoms with Crippen molar-refractivity contribution in [1.82, 2.24) is 22.8 Å². The predicted molar refractivity (Wildman–Crippen MR) is 104 cm³/mol. The van der Waals surface area contributed by atoms with Crippen LogP contribution in [-0.2, 0) is 23.5 Å². The van der Waals surface area contributed by atoms with Crippen LogP contribution in [0.25, 0.3) is 15.9 Å². The normalized spacial score (nSPS) is 12.8. The van der Waals surface area contributed by atoms with Gasteiger partial charge in [-0.15, -0.1) is 11.3 Å². The van der Waals surface area contributed by atoms with E-state index >= 15 is 0 Å². The van der Waals surface area contributed by atoms with Crippen LogP contribution in [0.1, 0.15) is 5.56 Å². The fraction of sp³-hybridized carbons (Fsp3) is 0.312. The maximum atomic E-state index is 13.4. The molecule has 0 N–H and O–H groups in total. The lowest BCUT2D eigenvalue weighted by atomic mass is 10.2. The molecule has 0 unspecified atom stereocenters. The third-order valence-electron chi connectivity index (χ3n) is 4.30. The van der Waals surface area contributed by atoms with E-state index in [1.54, 1.807) is 17.8 Å². The number of rotatable bonds is 5. The van der Waals surface area contributed by atoms with Crippen LogP contribution in [0.15, 0.2) is 35.2 Å². The number of hydrogen-bond acceptors (Lipinski definition) is 5. The summed E-state index contributed by atoms with van der Waals surface area (Å²) < 4.78 is 31.5. The topological polar surface area (TPSA) is 64.5 Å². The fourth-order valence-corrected chi connectivity index (χ4v) is 5.87. The molecule has 0 amide bonds. The van der Waals surface area contributed by atoms with Gasteiger partial charge in [0.15, 0.2) is 10.1 Å². The predicted octanol–water partition coefficient (Wildman–Crippen LogP) is 2.68. The highest BCUT2D eigenvalue weighted by Gasteiger charge is 2.29. The van der Waals surface area contributed by atoms with Crippen molar-refractivity contribution in [1.29, 1.82) is 0 Å². The largest absolute Gasteiger partial charge is 0.354 e. The molecule has 7 nitrogen and oxygen atoms in total. The fourth-order valence-electron chi connectivity index (χ4n) is 3.08. The van der Waals surface area contributed by atoms with Crippen molar-refractivity contribution in [2.24, 2.45) is 7.05 Å². The lowest BCUT2D eigenvalue weighted by molar-refractivity contribution is 0.414. The number of thiazole rings is 1. The van der Waals surface area contributed by atoms with E-state index in [9.17, 15) is 8.42 Å². The van der Waals surface area contributed by atoms with Gasteiger partial charge < -0.3 is 9.47 Å². The van der Waals surface area contributed by atoms with Gasteiger partial charge in [0.25, 0.3) is 10.0 Å². The van der Waals surface area contributed by atoms with Gasteiger partial charge in [0.2, 0.25) is 5.03 Å². The second-order valence-corrected chi connectivity index (χ2v) is 9.46. The Balaban J connectivity index is 1.93. The van der Waals surface area contributed by atoms with E-state index in [2.05, 4.69) is 9.88 Å². The number of imidazole rings is 1. The summed E-state index contributed by atoms with van der Waals surface area (Å²) in [7, 11) is 1.99. The lowest BCUT2D eigenvalue weighted by Crippen LogP contribution is -2.16. The average Bonchev–Trinajstić information content (AvgIpc) is 3.25. The SMILES string of the molecule is CN(C)CCc1cn(S(=O)(=O)c2c(Cl)nc3sccn23)c2cn(C)cc12. The van der Waals surface area contributed by atoms with Crippen molar-refractivity contribution in [2.75, 3.05) is 20.6 Å². The van der Waals surface area contributed by atoms with Gasteiger partial charge in [0.05, 0.1) is 5.52 Å². The lowest BCUT2D eigenvalue weighted by Gasteiger charge is -2.08. The zero-order valence-electron chi connectivity index (χ0n) is 14.5. The van der Waals surface area contributed by atoms with Crippen LogP contribution in [-0.4, -0.2) is 51.9 Å². The summed E-state index contributed by atoms with van der Waals surface area (Å²) in [6, 6.07) is 0. The molecule has 4 aromatic rings. The Morgan fingerprint density at radius 2 is 2.04 bits per heavy atom. The number of aromatic nitrogens is 4. The summed E-state index contributed by atoms with van der Waals surface area (Å²) in [5.74, 6) is 0. The standard InChI is InChI=1S/C16H18ClN5O2S2/c1-19(2)5-4-11-8-22(13-10-20(3)9-12(11)13)26(23,24)15-14(17)18-16-21(15)6-7-25-16/h6-10H,4-5H2,1-3H3. The van der Waals surface area contributed by atoms with E-state index in [1.165, 1.54) is 19.7 Å². The third kappa shape index (κ3) is 2.66. The summed E-state index contributed by atoms with van der Waals surface area (Å²) in [6.45, 7) is 0.830. The van der Waals surface area contributed by atoms with Crippen LogP contribution in [0, 0.1) is 0 Å². The van der Waals surface area contributed by atoms with Gasteiger partial charge in [0.1, 0.15) is 0 Å². The molecule has 0 aliphatic rings. The van der Waals surface area contributed by atoms with E-state index in [4.69, 9.17) is 11.6 Å². The minimum Gasteiger partial charge on any atom is -0.354 e. The average molecular weight is 412 g/mol. The molecule has 4 rings (SSSR count). The Hall–Kier alpha value is -1.81. The maximum Gasteiger partial charge on any atom is 0.287 e. The summed E-state index contributed by atoms with van der Waals surface area (Å²) in [4.78, 5) is 6.79. The summed E-state index contributed by atoms with van der Waals surface area (Å²) >= 11 is 7.52. The maximum absolute atomic E-state index is 13.4. The molecular formula is C16H18ClN5O2S2. The molecule has 0 saturated heterocycles. The molecule has 138 valence electrons. The van der Waals surface area contributed by atoms with Gasteiger partial charge in [-0.2, -0.15) is 8.42 Å². The van der Waals surface area contributed by atoms with Crippen LogP contribution in [0.4, 0.5) is 0 Å². The molecule has 4 aromatic heterocycles.